The fourth-order valence-corrected chi connectivity index (χ4v) is 3.03. The maximum Gasteiger partial charge on any atom is 0.184 e. The molecule has 0 aliphatic rings. The van der Waals surface area contributed by atoms with Crippen molar-refractivity contribution in [1.82, 2.24) is 0 Å². The van der Waals surface area contributed by atoms with Gasteiger partial charge in [-0.25, -0.2) is 8.42 Å². The Morgan fingerprint density at radius 1 is 1.22 bits per heavy atom. The Morgan fingerprint density at radius 3 is 2.44 bits per heavy atom. The summed E-state index contributed by atoms with van der Waals surface area (Å²) in [6, 6.07) is 7.51. The number of benzene rings is 1. The zero-order valence-corrected chi connectivity index (χ0v) is 12.1. The van der Waals surface area contributed by atoms with E-state index in [1.165, 1.54) is 25.2 Å². The van der Waals surface area contributed by atoms with Gasteiger partial charge >= 0.3 is 0 Å². The Morgan fingerprint density at radius 2 is 1.83 bits per heavy atom. The number of carbonyl (C=O) groups excluding carboxylic acids is 1. The lowest BCUT2D eigenvalue weighted by atomic mass is 10.00. The van der Waals surface area contributed by atoms with E-state index >= 15 is 0 Å². The molecular weight excluding hydrogens is 268 g/mol. The van der Waals surface area contributed by atoms with E-state index in [1.54, 1.807) is 5.38 Å². The number of hydrogen-bond donors (Lipinski definition) is 0. The van der Waals surface area contributed by atoms with E-state index in [0.717, 1.165) is 16.3 Å². The van der Waals surface area contributed by atoms with Crippen LogP contribution in [0, 0.1) is 0 Å². The highest BCUT2D eigenvalue weighted by molar-refractivity contribution is 7.92. The van der Waals surface area contributed by atoms with Gasteiger partial charge in [-0.3, -0.25) is 4.79 Å². The molecule has 2 aromatic rings. The second-order valence-corrected chi connectivity index (χ2v) is 8.23. The van der Waals surface area contributed by atoms with Crippen LogP contribution in [0.15, 0.2) is 29.6 Å². The summed E-state index contributed by atoms with van der Waals surface area (Å²) in [6.45, 7) is 2.91. The van der Waals surface area contributed by atoms with Crippen LogP contribution >= 0.6 is 11.3 Å². The number of fused-ring (bicyclic) bond motifs is 1. The third-order valence-electron chi connectivity index (χ3n) is 3.20. The van der Waals surface area contributed by atoms with Gasteiger partial charge < -0.3 is 0 Å². The molecule has 0 amide bonds. The second kappa shape index (κ2) is 4.17. The van der Waals surface area contributed by atoms with Gasteiger partial charge in [-0.15, -0.1) is 11.3 Å². The maximum absolute atomic E-state index is 12.4. The summed E-state index contributed by atoms with van der Waals surface area (Å²) >= 11 is 1.45. The van der Waals surface area contributed by atoms with Crippen LogP contribution in [0.25, 0.3) is 10.1 Å². The highest BCUT2D eigenvalue weighted by Gasteiger charge is 2.39. The van der Waals surface area contributed by atoms with Crippen molar-refractivity contribution in [2.24, 2.45) is 0 Å². The van der Waals surface area contributed by atoms with E-state index in [-0.39, 0.29) is 5.78 Å². The van der Waals surface area contributed by atoms with Crippen molar-refractivity contribution < 1.29 is 13.2 Å². The minimum Gasteiger partial charge on any atom is -0.292 e. The number of hydrogen-bond acceptors (Lipinski definition) is 4. The van der Waals surface area contributed by atoms with E-state index < -0.39 is 14.6 Å². The smallest absolute Gasteiger partial charge is 0.184 e. The summed E-state index contributed by atoms with van der Waals surface area (Å²) in [5.74, 6) is -0.345. The van der Waals surface area contributed by atoms with Crippen molar-refractivity contribution >= 4 is 37.0 Å². The Kier molecular flexibility index (Phi) is 3.07. The summed E-state index contributed by atoms with van der Waals surface area (Å²) < 4.78 is 23.0. The number of rotatable bonds is 3. The van der Waals surface area contributed by atoms with Gasteiger partial charge in [0.25, 0.3) is 0 Å². The molecule has 0 fully saturated rings. The molecule has 5 heteroatoms. The summed E-state index contributed by atoms with van der Waals surface area (Å²) in [5.41, 5.74) is 0.492. The van der Waals surface area contributed by atoms with Crippen LogP contribution < -0.4 is 0 Å². The third-order valence-corrected chi connectivity index (χ3v) is 6.20. The van der Waals surface area contributed by atoms with Gasteiger partial charge in [0.2, 0.25) is 0 Å². The number of thiophene rings is 1. The average Bonchev–Trinajstić information content (AvgIpc) is 2.70. The highest BCUT2D eigenvalue weighted by Crippen LogP contribution is 2.30. The molecule has 0 atom stereocenters. The maximum atomic E-state index is 12.4. The summed E-state index contributed by atoms with van der Waals surface area (Å²) in [6.07, 6.45) is 1.10. The SMILES string of the molecule is CC(C)(C(=O)c1csc2ccccc12)S(C)(=O)=O. The van der Waals surface area contributed by atoms with Crippen LogP contribution in [-0.4, -0.2) is 25.2 Å². The molecule has 1 heterocycles. The molecule has 0 spiro atoms. The van der Waals surface area contributed by atoms with Crippen molar-refractivity contribution in [3.05, 3.63) is 35.2 Å². The summed E-state index contributed by atoms with van der Waals surface area (Å²) in [4.78, 5) is 12.4. The predicted octanol–water partition coefficient (Wildman–Crippen LogP) is 2.91. The molecule has 18 heavy (non-hydrogen) atoms. The van der Waals surface area contributed by atoms with E-state index in [4.69, 9.17) is 0 Å². The zero-order chi connectivity index (χ0) is 13.6. The molecule has 0 radical (unpaired) electrons. The van der Waals surface area contributed by atoms with Crippen molar-refractivity contribution in [2.75, 3.05) is 6.26 Å². The molecule has 1 aromatic carbocycles. The van der Waals surface area contributed by atoms with Crippen molar-refractivity contribution in [2.45, 2.75) is 18.6 Å². The van der Waals surface area contributed by atoms with E-state index in [0.29, 0.717) is 5.56 Å². The molecule has 0 aliphatic carbocycles. The molecule has 1 aromatic heterocycles. The Hall–Kier alpha value is -1.20. The lowest BCUT2D eigenvalue weighted by Gasteiger charge is -2.20. The third kappa shape index (κ3) is 1.97. The number of carbonyl (C=O) groups is 1. The predicted molar refractivity (Wildman–Crippen MR) is 75.1 cm³/mol. The van der Waals surface area contributed by atoms with Gasteiger partial charge in [0.05, 0.1) is 0 Å². The molecule has 96 valence electrons. The minimum absolute atomic E-state index is 0.345. The lowest BCUT2D eigenvalue weighted by molar-refractivity contribution is 0.0956. The fourth-order valence-electron chi connectivity index (χ4n) is 1.65. The first kappa shape index (κ1) is 13.2. The molecule has 0 saturated heterocycles. The van der Waals surface area contributed by atoms with Crippen LogP contribution in [0.2, 0.25) is 0 Å². The largest absolute Gasteiger partial charge is 0.292 e. The quantitative estimate of drug-likeness (QED) is 0.813. The Balaban J connectivity index is 2.60. The Bertz CT molecular complexity index is 709. The van der Waals surface area contributed by atoms with Crippen molar-refractivity contribution in [1.29, 1.82) is 0 Å². The van der Waals surface area contributed by atoms with E-state index in [9.17, 15) is 13.2 Å². The van der Waals surface area contributed by atoms with Gasteiger partial charge in [0.15, 0.2) is 15.6 Å². The molecule has 3 nitrogen and oxygen atoms in total. The molecule has 0 unspecified atom stereocenters. The van der Waals surface area contributed by atoms with Gasteiger partial charge in [0.1, 0.15) is 4.75 Å². The first-order valence-electron chi connectivity index (χ1n) is 5.46. The molecule has 0 saturated carbocycles. The standard InChI is InChI=1S/C13H14O3S2/c1-13(2,18(3,15)16)12(14)10-8-17-11-7-5-4-6-9(10)11/h4-8H,1-3H3. The summed E-state index contributed by atoms with van der Waals surface area (Å²) in [5, 5.41) is 2.56. The molecular formula is C13H14O3S2. The molecule has 0 bridgehead atoms. The van der Waals surface area contributed by atoms with Gasteiger partial charge in [-0.2, -0.15) is 0 Å². The van der Waals surface area contributed by atoms with Crippen LogP contribution in [0.5, 0.6) is 0 Å². The first-order valence-corrected chi connectivity index (χ1v) is 8.23. The second-order valence-electron chi connectivity index (χ2n) is 4.76. The van der Waals surface area contributed by atoms with Gasteiger partial charge in [-0.05, 0) is 19.9 Å². The van der Waals surface area contributed by atoms with Crippen LogP contribution in [0.1, 0.15) is 24.2 Å². The zero-order valence-electron chi connectivity index (χ0n) is 10.4. The molecule has 2 rings (SSSR count). The van der Waals surface area contributed by atoms with E-state index in [1.807, 2.05) is 24.3 Å². The average molecular weight is 282 g/mol. The van der Waals surface area contributed by atoms with Crippen LogP contribution in [0.3, 0.4) is 0 Å². The van der Waals surface area contributed by atoms with Crippen LogP contribution in [0.4, 0.5) is 0 Å². The molecule has 0 N–H and O–H groups in total. The monoisotopic (exact) mass is 282 g/mol. The Labute approximate surface area is 110 Å². The number of ketones is 1. The first-order chi connectivity index (χ1) is 8.25. The number of sulfone groups is 1. The number of Topliss-reactive ketones (excluding diaryl/α,β-unsaturated/α-hetero) is 1. The van der Waals surface area contributed by atoms with Crippen molar-refractivity contribution in [3.63, 3.8) is 0 Å². The normalized spacial score (nSPS) is 12.8. The van der Waals surface area contributed by atoms with Crippen molar-refractivity contribution in [3.8, 4) is 0 Å². The van der Waals surface area contributed by atoms with E-state index in [2.05, 4.69) is 0 Å². The molecule has 0 aliphatic heterocycles. The lowest BCUT2D eigenvalue weighted by Crippen LogP contribution is -2.39. The summed E-state index contributed by atoms with van der Waals surface area (Å²) in [7, 11) is -3.44. The fraction of sp³-hybridized carbons (Fsp3) is 0.308. The highest BCUT2D eigenvalue weighted by atomic mass is 32.2. The topological polar surface area (TPSA) is 51.2 Å². The minimum atomic E-state index is -3.44. The van der Waals surface area contributed by atoms with Gasteiger partial charge in [0, 0.05) is 27.3 Å². The van der Waals surface area contributed by atoms with Gasteiger partial charge in [-0.1, -0.05) is 18.2 Å². The van der Waals surface area contributed by atoms with Crippen LogP contribution in [-0.2, 0) is 9.84 Å².